The number of aromatic nitrogens is 3. The van der Waals surface area contributed by atoms with Gasteiger partial charge in [-0.3, -0.25) is 4.98 Å². The molecule has 0 amide bonds. The molecule has 1 unspecified atom stereocenters. The van der Waals surface area contributed by atoms with Crippen molar-refractivity contribution in [3.63, 3.8) is 0 Å². The van der Waals surface area contributed by atoms with Crippen LogP contribution in [-0.4, -0.2) is 21.7 Å². The van der Waals surface area contributed by atoms with E-state index in [2.05, 4.69) is 33.4 Å². The van der Waals surface area contributed by atoms with E-state index in [1.165, 1.54) is 12.8 Å². The Morgan fingerprint density at radius 1 is 1.17 bits per heavy atom. The highest BCUT2D eigenvalue weighted by Gasteiger charge is 2.34. The first kappa shape index (κ1) is 15.9. The molecule has 0 saturated carbocycles. The second-order valence-corrected chi connectivity index (χ2v) is 6.02. The van der Waals surface area contributed by atoms with Gasteiger partial charge in [0.25, 0.3) is 0 Å². The van der Waals surface area contributed by atoms with Gasteiger partial charge in [0.1, 0.15) is 5.69 Å². The van der Waals surface area contributed by atoms with E-state index >= 15 is 0 Å². The molecule has 4 rings (SSSR count). The third-order valence-corrected chi connectivity index (χ3v) is 4.40. The molecule has 1 saturated heterocycles. The standard InChI is InChI=1S/C17H18N4O.ClH/c1-17(9-4-5-10-19-17)16-20-15(21-22-16)14-13-7-3-2-6-12(13)8-11-18-14;/h2-3,6-8,11,19H,4-5,9-10H2,1H3;1H. The maximum Gasteiger partial charge on any atom is 0.247 e. The number of halogens is 1. The third kappa shape index (κ3) is 2.82. The first-order valence-corrected chi connectivity index (χ1v) is 7.70. The van der Waals surface area contributed by atoms with Crippen LogP contribution in [0.15, 0.2) is 41.1 Å². The summed E-state index contributed by atoms with van der Waals surface area (Å²) < 4.78 is 5.55. The molecule has 1 aliphatic rings. The summed E-state index contributed by atoms with van der Waals surface area (Å²) in [7, 11) is 0. The Hall–Kier alpha value is -1.98. The van der Waals surface area contributed by atoms with Gasteiger partial charge in [-0.15, -0.1) is 12.4 Å². The van der Waals surface area contributed by atoms with Gasteiger partial charge in [0.05, 0.1) is 5.54 Å². The molecule has 1 aromatic carbocycles. The lowest BCUT2D eigenvalue weighted by atomic mass is 9.91. The number of hydrogen-bond donors (Lipinski definition) is 1. The number of rotatable bonds is 2. The van der Waals surface area contributed by atoms with Crippen LogP contribution in [-0.2, 0) is 5.54 Å². The highest BCUT2D eigenvalue weighted by Crippen LogP contribution is 2.31. The van der Waals surface area contributed by atoms with E-state index in [9.17, 15) is 0 Å². The van der Waals surface area contributed by atoms with Crippen LogP contribution in [0.1, 0.15) is 32.1 Å². The summed E-state index contributed by atoms with van der Waals surface area (Å²) >= 11 is 0. The molecule has 0 radical (unpaired) electrons. The van der Waals surface area contributed by atoms with Crippen molar-refractivity contribution in [1.29, 1.82) is 0 Å². The van der Waals surface area contributed by atoms with Crippen LogP contribution in [0.3, 0.4) is 0 Å². The van der Waals surface area contributed by atoms with Gasteiger partial charge >= 0.3 is 0 Å². The molecule has 0 spiro atoms. The van der Waals surface area contributed by atoms with Crippen molar-refractivity contribution in [2.24, 2.45) is 0 Å². The third-order valence-electron chi connectivity index (χ3n) is 4.40. The topological polar surface area (TPSA) is 63.8 Å². The van der Waals surface area contributed by atoms with E-state index < -0.39 is 0 Å². The lowest BCUT2D eigenvalue weighted by Crippen LogP contribution is -2.43. The van der Waals surface area contributed by atoms with Gasteiger partial charge in [-0.1, -0.05) is 29.4 Å². The predicted molar refractivity (Wildman–Crippen MR) is 91.5 cm³/mol. The summed E-state index contributed by atoms with van der Waals surface area (Å²) in [5, 5.41) is 9.83. The van der Waals surface area contributed by atoms with Gasteiger partial charge < -0.3 is 9.84 Å². The Balaban J connectivity index is 0.00000156. The molecule has 2 aromatic heterocycles. The summed E-state index contributed by atoms with van der Waals surface area (Å²) in [6, 6.07) is 10.1. The molecular formula is C17H19ClN4O. The number of nitrogens with zero attached hydrogens (tertiary/aromatic N) is 3. The maximum atomic E-state index is 5.55. The SMILES string of the molecule is CC1(c2nc(-c3nccc4ccccc34)no2)CCCCN1.Cl. The number of fused-ring (bicyclic) bond motifs is 1. The summed E-state index contributed by atoms with van der Waals surface area (Å²) in [6.45, 7) is 3.11. The minimum absolute atomic E-state index is 0. The molecule has 23 heavy (non-hydrogen) atoms. The number of nitrogens with one attached hydrogen (secondary N) is 1. The van der Waals surface area contributed by atoms with E-state index in [1.54, 1.807) is 6.20 Å². The summed E-state index contributed by atoms with van der Waals surface area (Å²) in [5.74, 6) is 1.21. The van der Waals surface area contributed by atoms with E-state index in [0.717, 1.165) is 29.4 Å². The quantitative estimate of drug-likeness (QED) is 0.776. The van der Waals surface area contributed by atoms with Gasteiger partial charge in [0.15, 0.2) is 0 Å². The zero-order valence-electron chi connectivity index (χ0n) is 13.0. The van der Waals surface area contributed by atoms with Crippen molar-refractivity contribution in [2.75, 3.05) is 6.54 Å². The van der Waals surface area contributed by atoms with E-state index in [1.807, 2.05) is 24.3 Å². The second-order valence-electron chi connectivity index (χ2n) is 6.02. The largest absolute Gasteiger partial charge is 0.337 e. The highest BCUT2D eigenvalue weighted by atomic mass is 35.5. The van der Waals surface area contributed by atoms with Crippen molar-refractivity contribution in [3.8, 4) is 11.5 Å². The lowest BCUT2D eigenvalue weighted by molar-refractivity contribution is 0.207. The maximum absolute atomic E-state index is 5.55. The molecule has 0 aliphatic carbocycles. The monoisotopic (exact) mass is 330 g/mol. The number of hydrogen-bond acceptors (Lipinski definition) is 5. The molecule has 3 aromatic rings. The zero-order valence-corrected chi connectivity index (χ0v) is 13.8. The molecule has 0 bridgehead atoms. The molecule has 1 atom stereocenters. The van der Waals surface area contributed by atoms with Crippen LogP contribution in [0.2, 0.25) is 0 Å². The molecule has 1 fully saturated rings. The van der Waals surface area contributed by atoms with Crippen LogP contribution in [0, 0.1) is 0 Å². The highest BCUT2D eigenvalue weighted by molar-refractivity contribution is 5.92. The smallest absolute Gasteiger partial charge is 0.247 e. The minimum Gasteiger partial charge on any atom is -0.337 e. The molecule has 3 heterocycles. The Kier molecular flexibility index (Phi) is 4.33. The lowest BCUT2D eigenvalue weighted by Gasteiger charge is -2.31. The average molecular weight is 331 g/mol. The van der Waals surface area contributed by atoms with E-state index in [-0.39, 0.29) is 17.9 Å². The van der Waals surface area contributed by atoms with Crippen LogP contribution < -0.4 is 5.32 Å². The van der Waals surface area contributed by atoms with Gasteiger partial charge in [-0.2, -0.15) is 4.98 Å². The fraction of sp³-hybridized carbons (Fsp3) is 0.353. The Bertz CT molecular complexity index is 806. The van der Waals surface area contributed by atoms with Crippen LogP contribution in [0.25, 0.3) is 22.3 Å². The van der Waals surface area contributed by atoms with Crippen LogP contribution in [0.4, 0.5) is 0 Å². The Labute approximate surface area is 140 Å². The second kappa shape index (κ2) is 6.26. The zero-order chi connectivity index (χ0) is 15.0. The van der Waals surface area contributed by atoms with Crippen molar-refractivity contribution < 1.29 is 4.52 Å². The fourth-order valence-electron chi connectivity index (χ4n) is 3.08. The van der Waals surface area contributed by atoms with Crippen LogP contribution in [0.5, 0.6) is 0 Å². The van der Waals surface area contributed by atoms with Crippen molar-refractivity contribution in [3.05, 3.63) is 42.4 Å². The predicted octanol–water partition coefficient (Wildman–Crippen LogP) is 3.70. The van der Waals surface area contributed by atoms with Crippen molar-refractivity contribution >= 4 is 23.2 Å². The van der Waals surface area contributed by atoms with Gasteiger partial charge in [0.2, 0.25) is 11.7 Å². The number of benzene rings is 1. The molecule has 1 aliphatic heterocycles. The van der Waals surface area contributed by atoms with Crippen LogP contribution >= 0.6 is 12.4 Å². The first-order valence-electron chi connectivity index (χ1n) is 7.70. The molecule has 5 nitrogen and oxygen atoms in total. The van der Waals surface area contributed by atoms with E-state index in [0.29, 0.717) is 11.7 Å². The van der Waals surface area contributed by atoms with E-state index in [4.69, 9.17) is 4.52 Å². The average Bonchev–Trinajstić information content (AvgIpc) is 3.06. The summed E-state index contributed by atoms with van der Waals surface area (Å²) in [6.07, 6.45) is 5.17. The van der Waals surface area contributed by atoms with Gasteiger partial charge in [-0.25, -0.2) is 0 Å². The molecule has 6 heteroatoms. The number of piperidine rings is 1. The fourth-order valence-corrected chi connectivity index (χ4v) is 3.08. The molecule has 120 valence electrons. The summed E-state index contributed by atoms with van der Waals surface area (Å²) in [5.41, 5.74) is 0.543. The van der Waals surface area contributed by atoms with Gasteiger partial charge in [0, 0.05) is 11.6 Å². The Morgan fingerprint density at radius 2 is 2.04 bits per heavy atom. The first-order chi connectivity index (χ1) is 10.8. The number of pyridine rings is 1. The van der Waals surface area contributed by atoms with Crippen molar-refractivity contribution in [1.82, 2.24) is 20.4 Å². The normalized spacial score (nSPS) is 21.1. The molecule has 1 N–H and O–H groups in total. The van der Waals surface area contributed by atoms with Crippen molar-refractivity contribution in [2.45, 2.75) is 31.7 Å². The van der Waals surface area contributed by atoms with Gasteiger partial charge in [-0.05, 0) is 44.2 Å². The summed E-state index contributed by atoms with van der Waals surface area (Å²) in [4.78, 5) is 9.08. The molecular weight excluding hydrogens is 312 g/mol. The minimum atomic E-state index is -0.228. The Morgan fingerprint density at radius 3 is 2.87 bits per heavy atom.